The molecule has 0 radical (unpaired) electrons. The Hall–Kier alpha value is -1.63. The van der Waals surface area contributed by atoms with Crippen LogP contribution >= 0.6 is 15.9 Å². The minimum atomic E-state index is -0.547. The number of nitrogens with zero attached hydrogens (tertiary/aromatic N) is 3. The van der Waals surface area contributed by atoms with Gasteiger partial charge in [0.2, 0.25) is 0 Å². The van der Waals surface area contributed by atoms with Crippen LogP contribution in [0.3, 0.4) is 0 Å². The summed E-state index contributed by atoms with van der Waals surface area (Å²) in [6.07, 6.45) is -0.371. The Morgan fingerprint density at radius 2 is 2.13 bits per heavy atom. The molecule has 1 aliphatic heterocycles. The highest BCUT2D eigenvalue weighted by Gasteiger charge is 2.31. The van der Waals surface area contributed by atoms with Crippen LogP contribution in [-0.4, -0.2) is 32.7 Å². The number of amides is 1. The highest BCUT2D eigenvalue weighted by atomic mass is 79.9. The maximum Gasteiger partial charge on any atom is 0.410 e. The molecule has 0 saturated heterocycles. The van der Waals surface area contributed by atoms with Crippen LogP contribution in [0.1, 0.15) is 39.6 Å². The van der Waals surface area contributed by atoms with Crippen LogP contribution in [0.5, 0.6) is 0 Å². The second kappa shape index (κ2) is 5.47. The van der Waals surface area contributed by atoms with Crippen molar-refractivity contribution in [2.45, 2.75) is 45.9 Å². The smallest absolute Gasteiger partial charge is 0.410 e. The van der Waals surface area contributed by atoms with Gasteiger partial charge in [-0.05, 0) is 39.8 Å². The second-order valence-corrected chi connectivity index (χ2v) is 7.78. The molecule has 0 aliphatic carbocycles. The number of carbonyl (C=O) groups is 1. The van der Waals surface area contributed by atoms with Crippen LogP contribution in [0.2, 0.25) is 0 Å². The Labute approximate surface area is 142 Å². The lowest BCUT2D eigenvalue weighted by Gasteiger charge is -2.34. The summed E-state index contributed by atoms with van der Waals surface area (Å²) in [7, 11) is 0. The number of hydrogen-bond acceptors (Lipinski definition) is 3. The fourth-order valence-corrected chi connectivity index (χ4v) is 3.29. The van der Waals surface area contributed by atoms with Crippen molar-refractivity contribution in [2.75, 3.05) is 6.54 Å². The number of rotatable bonds is 0. The molecule has 0 fully saturated rings. The van der Waals surface area contributed by atoms with Crippen LogP contribution in [0, 0.1) is 5.82 Å². The highest BCUT2D eigenvalue weighted by Crippen LogP contribution is 2.31. The summed E-state index contributed by atoms with van der Waals surface area (Å²) < 4.78 is 22.2. The second-order valence-electron chi connectivity index (χ2n) is 6.86. The molecule has 1 atom stereocenters. The monoisotopic (exact) mass is 383 g/mol. The SMILES string of the molecule is CC1CN(C(=O)OC(C)(C)C)Cc2nc3c(F)cc(Br)cc3n21. The number of carbonyl (C=O) groups excluding carboxylic acids is 1. The van der Waals surface area contributed by atoms with E-state index in [4.69, 9.17) is 4.74 Å². The van der Waals surface area contributed by atoms with Gasteiger partial charge in [0.15, 0.2) is 5.82 Å². The molecule has 0 bridgehead atoms. The van der Waals surface area contributed by atoms with Gasteiger partial charge in [0, 0.05) is 11.0 Å². The van der Waals surface area contributed by atoms with Crippen molar-refractivity contribution >= 4 is 33.1 Å². The van der Waals surface area contributed by atoms with Crippen LogP contribution in [0.15, 0.2) is 16.6 Å². The van der Waals surface area contributed by atoms with Gasteiger partial charge in [-0.2, -0.15) is 0 Å². The molecular formula is C16H19BrFN3O2. The molecule has 1 aliphatic rings. The zero-order valence-corrected chi connectivity index (χ0v) is 15.1. The van der Waals surface area contributed by atoms with Crippen molar-refractivity contribution in [2.24, 2.45) is 0 Å². The van der Waals surface area contributed by atoms with Crippen LogP contribution in [-0.2, 0) is 11.3 Å². The number of halogens is 2. The van der Waals surface area contributed by atoms with E-state index in [0.717, 1.165) is 5.52 Å². The first kappa shape index (κ1) is 16.2. The maximum absolute atomic E-state index is 14.1. The number of aromatic nitrogens is 2. The van der Waals surface area contributed by atoms with Crippen molar-refractivity contribution in [3.05, 3.63) is 28.2 Å². The molecule has 1 aromatic heterocycles. The fourth-order valence-electron chi connectivity index (χ4n) is 2.87. The average Bonchev–Trinajstić information content (AvgIpc) is 2.76. The zero-order chi connectivity index (χ0) is 16.9. The topological polar surface area (TPSA) is 47.4 Å². The van der Waals surface area contributed by atoms with E-state index in [-0.39, 0.29) is 18.0 Å². The van der Waals surface area contributed by atoms with Gasteiger partial charge in [-0.25, -0.2) is 14.2 Å². The fraction of sp³-hybridized carbons (Fsp3) is 0.500. The van der Waals surface area contributed by atoms with E-state index in [0.29, 0.717) is 28.9 Å². The van der Waals surface area contributed by atoms with Gasteiger partial charge in [0.25, 0.3) is 0 Å². The van der Waals surface area contributed by atoms with Gasteiger partial charge in [-0.3, -0.25) is 4.90 Å². The number of fused-ring (bicyclic) bond motifs is 3. The summed E-state index contributed by atoms with van der Waals surface area (Å²) in [6.45, 7) is 8.30. The van der Waals surface area contributed by atoms with E-state index in [2.05, 4.69) is 20.9 Å². The first-order valence-corrected chi connectivity index (χ1v) is 8.29. The standard InChI is InChI=1S/C16H19BrFN3O2/c1-9-7-20(15(22)23-16(2,3)4)8-13-19-14-11(18)5-10(17)6-12(14)21(9)13/h5-6,9H,7-8H2,1-4H3. The maximum atomic E-state index is 14.1. The molecule has 124 valence electrons. The molecule has 7 heteroatoms. The third-order valence-electron chi connectivity index (χ3n) is 3.70. The molecule has 3 rings (SSSR count). The first-order valence-electron chi connectivity index (χ1n) is 7.49. The van der Waals surface area contributed by atoms with E-state index >= 15 is 0 Å². The molecule has 0 N–H and O–H groups in total. The van der Waals surface area contributed by atoms with Crippen molar-refractivity contribution in [1.29, 1.82) is 0 Å². The van der Waals surface area contributed by atoms with E-state index in [1.165, 1.54) is 6.07 Å². The van der Waals surface area contributed by atoms with E-state index in [9.17, 15) is 9.18 Å². The molecule has 2 heterocycles. The van der Waals surface area contributed by atoms with Gasteiger partial charge in [-0.1, -0.05) is 15.9 Å². The summed E-state index contributed by atoms with van der Waals surface area (Å²) in [5, 5.41) is 0. The Bertz CT molecular complexity index is 782. The lowest BCUT2D eigenvalue weighted by atomic mass is 10.2. The summed E-state index contributed by atoms with van der Waals surface area (Å²) in [4.78, 5) is 18.3. The highest BCUT2D eigenvalue weighted by molar-refractivity contribution is 9.10. The first-order chi connectivity index (χ1) is 10.7. The summed E-state index contributed by atoms with van der Waals surface area (Å²) in [6, 6.07) is 3.25. The molecule has 0 saturated carbocycles. The molecule has 1 unspecified atom stereocenters. The average molecular weight is 384 g/mol. The van der Waals surface area contributed by atoms with Crippen molar-refractivity contribution < 1.29 is 13.9 Å². The predicted molar refractivity (Wildman–Crippen MR) is 88.7 cm³/mol. The largest absolute Gasteiger partial charge is 0.444 e. The molecular weight excluding hydrogens is 365 g/mol. The Balaban J connectivity index is 1.98. The van der Waals surface area contributed by atoms with Gasteiger partial charge in [0.1, 0.15) is 16.9 Å². The molecule has 2 aromatic rings. The number of ether oxygens (including phenoxy) is 1. The van der Waals surface area contributed by atoms with Crippen molar-refractivity contribution in [1.82, 2.24) is 14.5 Å². The van der Waals surface area contributed by atoms with Crippen LogP contribution < -0.4 is 0 Å². The van der Waals surface area contributed by atoms with Crippen molar-refractivity contribution in [3.8, 4) is 0 Å². The van der Waals surface area contributed by atoms with Crippen molar-refractivity contribution in [3.63, 3.8) is 0 Å². The molecule has 5 nitrogen and oxygen atoms in total. The third-order valence-corrected chi connectivity index (χ3v) is 4.15. The van der Waals surface area contributed by atoms with Gasteiger partial charge >= 0.3 is 6.09 Å². The Kier molecular flexibility index (Phi) is 3.86. The minimum Gasteiger partial charge on any atom is -0.444 e. The third kappa shape index (κ3) is 3.06. The Morgan fingerprint density at radius 3 is 2.78 bits per heavy atom. The van der Waals surface area contributed by atoms with E-state index < -0.39 is 5.60 Å². The molecule has 1 amide bonds. The minimum absolute atomic E-state index is 0.00929. The van der Waals surface area contributed by atoms with Crippen LogP contribution in [0.25, 0.3) is 11.0 Å². The zero-order valence-electron chi connectivity index (χ0n) is 13.6. The Morgan fingerprint density at radius 1 is 1.43 bits per heavy atom. The normalized spacial score (nSPS) is 18.2. The molecule has 1 aromatic carbocycles. The van der Waals surface area contributed by atoms with Gasteiger partial charge in [0.05, 0.1) is 18.1 Å². The molecule has 23 heavy (non-hydrogen) atoms. The predicted octanol–water partition coefficient (Wildman–Crippen LogP) is 4.25. The summed E-state index contributed by atoms with van der Waals surface area (Å²) in [5.74, 6) is 0.300. The lowest BCUT2D eigenvalue weighted by molar-refractivity contribution is 0.0171. The number of hydrogen-bond donors (Lipinski definition) is 0. The van der Waals surface area contributed by atoms with Gasteiger partial charge in [-0.15, -0.1) is 0 Å². The van der Waals surface area contributed by atoms with E-state index in [1.807, 2.05) is 38.3 Å². The number of benzene rings is 1. The van der Waals surface area contributed by atoms with Crippen LogP contribution in [0.4, 0.5) is 9.18 Å². The lowest BCUT2D eigenvalue weighted by Crippen LogP contribution is -2.43. The summed E-state index contributed by atoms with van der Waals surface area (Å²) in [5.41, 5.74) is 0.527. The van der Waals surface area contributed by atoms with E-state index in [1.54, 1.807) is 4.90 Å². The number of imidazole rings is 1. The quantitative estimate of drug-likeness (QED) is 0.682. The molecule has 0 spiro atoms. The van der Waals surface area contributed by atoms with Gasteiger partial charge < -0.3 is 9.30 Å². The summed E-state index contributed by atoms with van der Waals surface area (Å²) >= 11 is 3.32.